The maximum atomic E-state index is 12.4. The highest BCUT2D eigenvalue weighted by Gasteiger charge is 2.59. The van der Waals surface area contributed by atoms with Gasteiger partial charge in [0, 0.05) is 17.9 Å². The van der Waals surface area contributed by atoms with E-state index in [4.69, 9.17) is 5.73 Å². The van der Waals surface area contributed by atoms with Crippen molar-refractivity contribution in [3.05, 3.63) is 12.2 Å². The van der Waals surface area contributed by atoms with Crippen LogP contribution in [0.2, 0.25) is 0 Å². The molecule has 0 saturated heterocycles. The molecular formula is C19H29NO. The van der Waals surface area contributed by atoms with Crippen LogP contribution in [0.15, 0.2) is 12.2 Å². The van der Waals surface area contributed by atoms with Gasteiger partial charge < -0.3 is 5.73 Å². The fourth-order valence-corrected chi connectivity index (χ4v) is 6.61. The van der Waals surface area contributed by atoms with E-state index in [1.807, 2.05) is 0 Å². The van der Waals surface area contributed by atoms with E-state index in [0.29, 0.717) is 17.1 Å². The number of hydrogen-bond donors (Lipinski definition) is 1. The van der Waals surface area contributed by atoms with Crippen molar-refractivity contribution < 1.29 is 4.79 Å². The number of allylic oxidation sites excluding steroid dienone is 1. The standard InChI is InChI=1S/C19H29NO/c1-18-9-7-13(20)11-12(18)3-4-14-15-5-6-17(21)19(15,2)10-8-16(14)18/h7,9,12-16H,3-6,8,10-11,20H2,1-2H3/t12?,13?,14-,15-,16+,18-,19-/m0/s1. The summed E-state index contributed by atoms with van der Waals surface area (Å²) < 4.78 is 0. The number of ketones is 1. The summed E-state index contributed by atoms with van der Waals surface area (Å²) in [5.41, 5.74) is 6.51. The molecule has 0 heterocycles. The minimum atomic E-state index is 0.0130. The second-order valence-corrected chi connectivity index (χ2v) is 8.69. The van der Waals surface area contributed by atoms with E-state index in [2.05, 4.69) is 26.0 Å². The predicted molar refractivity (Wildman–Crippen MR) is 84.6 cm³/mol. The molecule has 7 atom stereocenters. The number of Topliss-reactive ketones (excluding diaryl/α,β-unsaturated/α-hetero) is 1. The van der Waals surface area contributed by atoms with Gasteiger partial charge in [0.25, 0.3) is 0 Å². The smallest absolute Gasteiger partial charge is 0.139 e. The minimum absolute atomic E-state index is 0.0130. The van der Waals surface area contributed by atoms with Crippen molar-refractivity contribution >= 4 is 5.78 Å². The van der Waals surface area contributed by atoms with Crippen molar-refractivity contribution in [1.82, 2.24) is 0 Å². The lowest BCUT2D eigenvalue weighted by atomic mass is 9.46. The van der Waals surface area contributed by atoms with Gasteiger partial charge in [0.15, 0.2) is 0 Å². The van der Waals surface area contributed by atoms with Crippen molar-refractivity contribution in [3.63, 3.8) is 0 Å². The molecule has 2 unspecified atom stereocenters. The average molecular weight is 287 g/mol. The second kappa shape index (κ2) is 4.44. The van der Waals surface area contributed by atoms with E-state index in [1.165, 1.54) is 19.3 Å². The lowest BCUT2D eigenvalue weighted by molar-refractivity contribution is -0.134. The Morgan fingerprint density at radius 2 is 1.95 bits per heavy atom. The zero-order valence-electron chi connectivity index (χ0n) is 13.5. The number of carbonyl (C=O) groups is 1. The van der Waals surface area contributed by atoms with Gasteiger partial charge in [0.05, 0.1) is 0 Å². The summed E-state index contributed by atoms with van der Waals surface area (Å²) >= 11 is 0. The molecule has 2 N–H and O–H groups in total. The topological polar surface area (TPSA) is 43.1 Å². The number of hydrogen-bond acceptors (Lipinski definition) is 2. The Kier molecular flexibility index (Phi) is 2.96. The maximum absolute atomic E-state index is 12.4. The molecule has 3 fully saturated rings. The molecule has 3 saturated carbocycles. The molecule has 2 heteroatoms. The van der Waals surface area contributed by atoms with Crippen LogP contribution in [-0.4, -0.2) is 11.8 Å². The van der Waals surface area contributed by atoms with E-state index in [0.717, 1.165) is 43.4 Å². The molecule has 21 heavy (non-hydrogen) atoms. The zero-order chi connectivity index (χ0) is 14.8. The van der Waals surface area contributed by atoms with Crippen LogP contribution in [0.3, 0.4) is 0 Å². The molecule has 0 radical (unpaired) electrons. The van der Waals surface area contributed by atoms with Crippen molar-refractivity contribution in [3.8, 4) is 0 Å². The van der Waals surface area contributed by atoms with Gasteiger partial charge in [-0.2, -0.15) is 0 Å². The Morgan fingerprint density at radius 1 is 1.14 bits per heavy atom. The number of nitrogens with two attached hydrogens (primary N) is 1. The normalized spacial score (nSPS) is 55.8. The SMILES string of the molecule is C[C@]12C=CC(N)CC1CC[C@@H]1[C@H]2CC[C@]2(C)C(=O)CC[C@@H]12. The first-order valence-electron chi connectivity index (χ1n) is 8.93. The third kappa shape index (κ3) is 1.78. The van der Waals surface area contributed by atoms with E-state index < -0.39 is 0 Å². The highest BCUT2D eigenvalue weighted by atomic mass is 16.1. The molecule has 0 aliphatic heterocycles. The molecule has 0 aromatic carbocycles. The Morgan fingerprint density at radius 3 is 2.76 bits per heavy atom. The van der Waals surface area contributed by atoms with Crippen molar-refractivity contribution in [2.45, 2.75) is 64.8 Å². The summed E-state index contributed by atoms with van der Waals surface area (Å²) in [5, 5.41) is 0. The largest absolute Gasteiger partial charge is 0.324 e. The Labute approximate surface area is 128 Å². The summed E-state index contributed by atoms with van der Waals surface area (Å²) in [7, 11) is 0. The lowest BCUT2D eigenvalue weighted by Gasteiger charge is -2.58. The third-order valence-electron chi connectivity index (χ3n) is 7.93. The zero-order valence-corrected chi connectivity index (χ0v) is 13.5. The summed E-state index contributed by atoms with van der Waals surface area (Å²) in [6.07, 6.45) is 12.9. The summed E-state index contributed by atoms with van der Waals surface area (Å²) in [6.45, 7) is 4.75. The van der Waals surface area contributed by atoms with Gasteiger partial charge in [0.1, 0.15) is 5.78 Å². The maximum Gasteiger partial charge on any atom is 0.139 e. The molecule has 116 valence electrons. The molecule has 0 aromatic heterocycles. The summed E-state index contributed by atoms with van der Waals surface area (Å²) in [4.78, 5) is 12.4. The monoisotopic (exact) mass is 287 g/mol. The van der Waals surface area contributed by atoms with E-state index in [-0.39, 0.29) is 11.5 Å². The highest BCUT2D eigenvalue weighted by molar-refractivity contribution is 5.87. The van der Waals surface area contributed by atoms with Crippen LogP contribution in [0.5, 0.6) is 0 Å². The molecule has 4 aliphatic rings. The van der Waals surface area contributed by atoms with Gasteiger partial charge in [0.2, 0.25) is 0 Å². The van der Waals surface area contributed by atoms with E-state index in [1.54, 1.807) is 0 Å². The number of carbonyl (C=O) groups excluding carboxylic acids is 1. The molecule has 4 aliphatic carbocycles. The Bertz CT molecular complexity index is 498. The van der Waals surface area contributed by atoms with E-state index >= 15 is 0 Å². The average Bonchev–Trinajstić information content (AvgIpc) is 2.76. The first-order valence-corrected chi connectivity index (χ1v) is 8.93. The molecule has 0 amide bonds. The molecule has 2 nitrogen and oxygen atoms in total. The molecular weight excluding hydrogens is 258 g/mol. The molecule has 4 rings (SSSR count). The number of rotatable bonds is 0. The summed E-state index contributed by atoms with van der Waals surface area (Å²) in [6, 6.07) is 0.265. The van der Waals surface area contributed by atoms with Gasteiger partial charge in [-0.3, -0.25) is 4.79 Å². The van der Waals surface area contributed by atoms with Crippen LogP contribution >= 0.6 is 0 Å². The van der Waals surface area contributed by atoms with Gasteiger partial charge >= 0.3 is 0 Å². The third-order valence-corrected chi connectivity index (χ3v) is 7.93. The van der Waals surface area contributed by atoms with Crippen molar-refractivity contribution in [1.29, 1.82) is 0 Å². The molecule has 0 bridgehead atoms. The van der Waals surface area contributed by atoms with Crippen molar-refractivity contribution in [2.75, 3.05) is 0 Å². The molecule has 0 spiro atoms. The minimum Gasteiger partial charge on any atom is -0.324 e. The number of fused-ring (bicyclic) bond motifs is 5. The van der Waals surface area contributed by atoms with Gasteiger partial charge in [-0.05, 0) is 67.6 Å². The fraction of sp³-hybridized carbons (Fsp3) is 0.842. The van der Waals surface area contributed by atoms with Crippen LogP contribution in [-0.2, 0) is 4.79 Å². The predicted octanol–water partition coefficient (Wildman–Crippen LogP) is 3.70. The van der Waals surface area contributed by atoms with Gasteiger partial charge in [-0.1, -0.05) is 26.0 Å². The van der Waals surface area contributed by atoms with Crippen molar-refractivity contribution in [2.24, 2.45) is 40.2 Å². The van der Waals surface area contributed by atoms with Crippen LogP contribution in [0.1, 0.15) is 58.8 Å². The van der Waals surface area contributed by atoms with Crippen LogP contribution in [0.4, 0.5) is 0 Å². The Hall–Kier alpha value is -0.630. The van der Waals surface area contributed by atoms with E-state index in [9.17, 15) is 4.79 Å². The van der Waals surface area contributed by atoms with Crippen LogP contribution < -0.4 is 5.73 Å². The quantitative estimate of drug-likeness (QED) is 0.690. The van der Waals surface area contributed by atoms with Gasteiger partial charge in [-0.25, -0.2) is 0 Å². The first kappa shape index (κ1) is 14.0. The van der Waals surface area contributed by atoms with Crippen LogP contribution in [0.25, 0.3) is 0 Å². The fourth-order valence-electron chi connectivity index (χ4n) is 6.61. The second-order valence-electron chi connectivity index (χ2n) is 8.69. The van der Waals surface area contributed by atoms with Gasteiger partial charge in [-0.15, -0.1) is 0 Å². The summed E-state index contributed by atoms with van der Waals surface area (Å²) in [5.74, 6) is 3.53. The first-order chi connectivity index (χ1) is 9.95. The Balaban J connectivity index is 1.68. The molecule has 0 aromatic rings. The lowest BCUT2D eigenvalue weighted by Crippen LogP contribution is -2.53. The highest BCUT2D eigenvalue weighted by Crippen LogP contribution is 2.64. The van der Waals surface area contributed by atoms with Crippen LogP contribution in [0, 0.1) is 34.5 Å².